The van der Waals surface area contributed by atoms with Crippen molar-refractivity contribution in [1.29, 1.82) is 0 Å². The Balaban J connectivity index is 1.84. The van der Waals surface area contributed by atoms with Crippen LogP contribution in [0.5, 0.6) is 0 Å². The minimum Gasteiger partial charge on any atom is -0.324 e. The second-order valence-electron chi connectivity index (χ2n) is 6.49. The predicted molar refractivity (Wildman–Crippen MR) is 102 cm³/mol. The topological polar surface area (TPSA) is 82.7 Å². The van der Waals surface area contributed by atoms with Crippen LogP contribution in [0.1, 0.15) is 39.9 Å². The smallest absolute Gasteiger partial charge is 0.320 e. The fourth-order valence-electron chi connectivity index (χ4n) is 3.09. The lowest BCUT2D eigenvalue weighted by molar-refractivity contribution is 0.249. The average Bonchev–Trinajstić information content (AvgIpc) is 3.03. The highest BCUT2D eigenvalue weighted by molar-refractivity contribution is 5.91. The first-order valence-electron chi connectivity index (χ1n) is 8.53. The normalized spacial score (nSPS) is 11.8. The molecule has 0 saturated heterocycles. The minimum absolute atomic E-state index is 0.295. The van der Waals surface area contributed by atoms with E-state index in [1.54, 1.807) is 0 Å². The van der Waals surface area contributed by atoms with Crippen LogP contribution in [0, 0.1) is 27.7 Å². The standard InChI is InChI=1S/C20H23N5O/c1-12-10-13(2)17(14(3)11-12)22-20(26)23-18(16-8-6-5-7-9-16)19-21-15(4)24-25-19/h5-11,18H,1-4H3,(H,21,24,25)(H2,22,23,26)/t18-/m1/s1. The lowest BCUT2D eigenvalue weighted by atomic mass is 10.0. The number of H-pyrrole nitrogens is 1. The largest absolute Gasteiger partial charge is 0.324 e. The number of aromatic nitrogens is 3. The Morgan fingerprint density at radius 3 is 2.27 bits per heavy atom. The van der Waals surface area contributed by atoms with Gasteiger partial charge >= 0.3 is 6.03 Å². The molecule has 0 bridgehead atoms. The van der Waals surface area contributed by atoms with Gasteiger partial charge in [-0.05, 0) is 44.4 Å². The third-order valence-corrected chi connectivity index (χ3v) is 4.20. The molecule has 6 heteroatoms. The summed E-state index contributed by atoms with van der Waals surface area (Å²) in [5.41, 5.74) is 4.97. The van der Waals surface area contributed by atoms with Crippen molar-refractivity contribution in [2.24, 2.45) is 0 Å². The molecule has 2 amide bonds. The van der Waals surface area contributed by atoms with Crippen molar-refractivity contribution in [3.05, 3.63) is 76.4 Å². The van der Waals surface area contributed by atoms with Gasteiger partial charge in [0.2, 0.25) is 0 Å². The van der Waals surface area contributed by atoms with Crippen molar-refractivity contribution in [3.8, 4) is 0 Å². The highest BCUT2D eigenvalue weighted by atomic mass is 16.2. The van der Waals surface area contributed by atoms with E-state index in [9.17, 15) is 4.79 Å². The van der Waals surface area contributed by atoms with Crippen LogP contribution in [0.4, 0.5) is 10.5 Å². The number of hydrogen-bond donors (Lipinski definition) is 3. The van der Waals surface area contributed by atoms with Crippen LogP contribution in [-0.4, -0.2) is 21.2 Å². The molecule has 3 rings (SSSR count). The summed E-state index contributed by atoms with van der Waals surface area (Å²) in [7, 11) is 0. The number of urea groups is 1. The summed E-state index contributed by atoms with van der Waals surface area (Å²) in [6.07, 6.45) is 0. The molecule has 0 fully saturated rings. The number of aromatic amines is 1. The molecule has 6 nitrogen and oxygen atoms in total. The molecule has 3 N–H and O–H groups in total. The molecule has 0 unspecified atom stereocenters. The molecule has 26 heavy (non-hydrogen) atoms. The summed E-state index contributed by atoms with van der Waals surface area (Å²) in [5.74, 6) is 1.23. The van der Waals surface area contributed by atoms with Gasteiger partial charge in [-0.25, -0.2) is 9.78 Å². The second-order valence-corrected chi connectivity index (χ2v) is 6.49. The molecule has 0 spiro atoms. The summed E-state index contributed by atoms with van der Waals surface area (Å²) in [6.45, 7) is 7.85. The first kappa shape index (κ1) is 17.7. The Morgan fingerprint density at radius 1 is 1.04 bits per heavy atom. The Bertz CT molecular complexity index is 894. The maximum absolute atomic E-state index is 12.7. The van der Waals surface area contributed by atoms with Gasteiger partial charge in [-0.1, -0.05) is 48.0 Å². The van der Waals surface area contributed by atoms with E-state index in [1.165, 1.54) is 5.56 Å². The van der Waals surface area contributed by atoms with Crippen molar-refractivity contribution >= 4 is 11.7 Å². The molecular weight excluding hydrogens is 326 g/mol. The van der Waals surface area contributed by atoms with E-state index >= 15 is 0 Å². The maximum Gasteiger partial charge on any atom is 0.320 e. The minimum atomic E-state index is -0.438. The molecule has 0 radical (unpaired) electrons. The number of nitrogens with one attached hydrogen (secondary N) is 3. The molecule has 0 aliphatic carbocycles. The summed E-state index contributed by atoms with van der Waals surface area (Å²) >= 11 is 0. The van der Waals surface area contributed by atoms with Crippen molar-refractivity contribution in [1.82, 2.24) is 20.5 Å². The highest BCUT2D eigenvalue weighted by Crippen LogP contribution is 2.23. The van der Waals surface area contributed by atoms with E-state index < -0.39 is 6.04 Å². The zero-order valence-electron chi connectivity index (χ0n) is 15.4. The third-order valence-electron chi connectivity index (χ3n) is 4.20. The number of hydrogen-bond acceptors (Lipinski definition) is 3. The van der Waals surface area contributed by atoms with Gasteiger partial charge in [0.25, 0.3) is 0 Å². The number of nitrogens with zero attached hydrogens (tertiary/aromatic N) is 2. The van der Waals surface area contributed by atoms with Gasteiger partial charge in [0.1, 0.15) is 11.9 Å². The molecule has 1 heterocycles. The highest BCUT2D eigenvalue weighted by Gasteiger charge is 2.21. The molecule has 1 atom stereocenters. The first-order chi connectivity index (χ1) is 12.4. The Hall–Kier alpha value is -3.15. The van der Waals surface area contributed by atoms with Gasteiger partial charge in [-0.2, -0.15) is 5.10 Å². The molecule has 134 valence electrons. The van der Waals surface area contributed by atoms with Crippen LogP contribution in [-0.2, 0) is 0 Å². The van der Waals surface area contributed by atoms with E-state index in [2.05, 4.69) is 37.9 Å². The lowest BCUT2D eigenvalue weighted by Crippen LogP contribution is -2.34. The van der Waals surface area contributed by atoms with Crippen LogP contribution < -0.4 is 10.6 Å². The SMILES string of the molecule is Cc1cc(C)c(NC(=O)N[C@H](c2ccccc2)c2n[nH]c(C)n2)c(C)c1. The van der Waals surface area contributed by atoms with E-state index in [0.717, 1.165) is 22.4 Å². The monoisotopic (exact) mass is 349 g/mol. The zero-order chi connectivity index (χ0) is 18.7. The average molecular weight is 349 g/mol. The maximum atomic E-state index is 12.7. The molecule has 0 aliphatic heterocycles. The third kappa shape index (κ3) is 3.91. The van der Waals surface area contributed by atoms with Gasteiger partial charge in [-0.3, -0.25) is 5.10 Å². The van der Waals surface area contributed by atoms with Crippen LogP contribution in [0.25, 0.3) is 0 Å². The fourth-order valence-corrected chi connectivity index (χ4v) is 3.09. The lowest BCUT2D eigenvalue weighted by Gasteiger charge is -2.18. The molecule has 1 aromatic heterocycles. The summed E-state index contributed by atoms with van der Waals surface area (Å²) < 4.78 is 0. The van der Waals surface area contributed by atoms with Gasteiger partial charge in [0, 0.05) is 5.69 Å². The number of carbonyl (C=O) groups is 1. The quantitative estimate of drug-likeness (QED) is 0.667. The number of rotatable bonds is 4. The molecule has 0 aliphatic rings. The molecule has 2 aromatic carbocycles. The van der Waals surface area contributed by atoms with Crippen molar-refractivity contribution in [2.75, 3.05) is 5.32 Å². The van der Waals surface area contributed by atoms with E-state index in [4.69, 9.17) is 0 Å². The van der Waals surface area contributed by atoms with E-state index in [-0.39, 0.29) is 6.03 Å². The first-order valence-corrected chi connectivity index (χ1v) is 8.53. The Kier molecular flexibility index (Phi) is 5.02. The fraction of sp³-hybridized carbons (Fsp3) is 0.250. The number of amides is 2. The van der Waals surface area contributed by atoms with Crippen LogP contribution in [0.3, 0.4) is 0 Å². The van der Waals surface area contributed by atoms with Crippen LogP contribution >= 0.6 is 0 Å². The number of carbonyl (C=O) groups excluding carboxylic acids is 1. The molecular formula is C20H23N5O. The van der Waals surface area contributed by atoms with E-state index in [1.807, 2.05) is 58.0 Å². The van der Waals surface area contributed by atoms with Crippen molar-refractivity contribution < 1.29 is 4.79 Å². The van der Waals surface area contributed by atoms with Gasteiger partial charge < -0.3 is 10.6 Å². The number of aryl methyl sites for hydroxylation is 4. The second kappa shape index (κ2) is 7.39. The van der Waals surface area contributed by atoms with Crippen molar-refractivity contribution in [3.63, 3.8) is 0 Å². The Morgan fingerprint density at radius 2 is 1.69 bits per heavy atom. The summed E-state index contributed by atoms with van der Waals surface area (Å²) in [6, 6.07) is 13.0. The number of benzene rings is 2. The van der Waals surface area contributed by atoms with Gasteiger partial charge in [0.05, 0.1) is 0 Å². The summed E-state index contributed by atoms with van der Waals surface area (Å²) in [4.78, 5) is 17.1. The summed E-state index contributed by atoms with van der Waals surface area (Å²) in [5, 5.41) is 13.0. The van der Waals surface area contributed by atoms with Crippen molar-refractivity contribution in [2.45, 2.75) is 33.7 Å². The Labute approximate surface area is 153 Å². The van der Waals surface area contributed by atoms with Crippen LogP contribution in [0.2, 0.25) is 0 Å². The molecule has 0 saturated carbocycles. The zero-order valence-corrected chi connectivity index (χ0v) is 15.4. The van der Waals surface area contributed by atoms with Crippen LogP contribution in [0.15, 0.2) is 42.5 Å². The number of anilines is 1. The molecule has 3 aromatic rings. The predicted octanol–water partition coefficient (Wildman–Crippen LogP) is 3.95. The van der Waals surface area contributed by atoms with E-state index in [0.29, 0.717) is 11.6 Å². The van der Waals surface area contributed by atoms with Gasteiger partial charge in [0.15, 0.2) is 5.82 Å². The van der Waals surface area contributed by atoms with Gasteiger partial charge in [-0.15, -0.1) is 0 Å².